The SMILES string of the molecule is COc1ccc(OC)c(-c2cc3c(cc2OCCCC(=O)N=O)C(=O)CC3)c1. The fourth-order valence-electron chi connectivity index (χ4n) is 3.28. The maximum Gasteiger partial charge on any atom is 0.286 e. The highest BCUT2D eigenvalue weighted by Crippen LogP contribution is 2.41. The molecule has 146 valence electrons. The zero-order chi connectivity index (χ0) is 20.1. The molecule has 0 unspecified atom stereocenters. The number of amides is 1. The maximum atomic E-state index is 12.2. The zero-order valence-corrected chi connectivity index (χ0v) is 15.8. The third-order valence-electron chi connectivity index (χ3n) is 4.72. The average Bonchev–Trinajstić information content (AvgIpc) is 3.09. The smallest absolute Gasteiger partial charge is 0.286 e. The van der Waals surface area contributed by atoms with Crippen molar-refractivity contribution >= 4 is 11.7 Å². The Morgan fingerprint density at radius 2 is 1.79 bits per heavy atom. The molecule has 0 saturated carbocycles. The van der Waals surface area contributed by atoms with Gasteiger partial charge in [-0.3, -0.25) is 9.59 Å². The van der Waals surface area contributed by atoms with E-state index < -0.39 is 5.91 Å². The van der Waals surface area contributed by atoms with Gasteiger partial charge in [0.15, 0.2) is 5.78 Å². The number of benzene rings is 2. The van der Waals surface area contributed by atoms with Crippen LogP contribution in [-0.2, 0) is 11.2 Å². The lowest BCUT2D eigenvalue weighted by Gasteiger charge is -2.17. The number of methoxy groups -OCH3 is 2. The number of aryl methyl sites for hydroxylation is 1. The molecule has 2 aromatic rings. The summed E-state index contributed by atoms with van der Waals surface area (Å²) in [5.74, 6) is 1.22. The molecule has 0 heterocycles. The van der Waals surface area contributed by atoms with Gasteiger partial charge >= 0.3 is 0 Å². The minimum Gasteiger partial charge on any atom is -0.497 e. The lowest BCUT2D eigenvalue weighted by Crippen LogP contribution is -2.04. The van der Waals surface area contributed by atoms with Gasteiger partial charge in [-0.25, -0.2) is 0 Å². The second-order valence-corrected chi connectivity index (χ2v) is 6.43. The Kier molecular flexibility index (Phi) is 6.03. The second-order valence-electron chi connectivity index (χ2n) is 6.43. The topological polar surface area (TPSA) is 91.3 Å². The number of rotatable bonds is 8. The molecule has 3 rings (SSSR count). The van der Waals surface area contributed by atoms with Crippen molar-refractivity contribution in [2.45, 2.75) is 25.7 Å². The molecule has 2 aromatic carbocycles. The molecule has 1 amide bonds. The summed E-state index contributed by atoms with van der Waals surface area (Å²) >= 11 is 0. The number of nitrogens with zero attached hydrogens (tertiary/aromatic N) is 1. The Labute approximate surface area is 162 Å². The molecular weight excluding hydrogens is 362 g/mol. The van der Waals surface area contributed by atoms with Crippen LogP contribution in [0.4, 0.5) is 0 Å². The Bertz CT molecular complexity index is 921. The summed E-state index contributed by atoms with van der Waals surface area (Å²) in [6, 6.07) is 9.16. The molecule has 0 spiro atoms. The van der Waals surface area contributed by atoms with Crippen LogP contribution in [0.2, 0.25) is 0 Å². The molecule has 28 heavy (non-hydrogen) atoms. The Morgan fingerprint density at radius 1 is 1.00 bits per heavy atom. The summed E-state index contributed by atoms with van der Waals surface area (Å²) in [7, 11) is 3.17. The van der Waals surface area contributed by atoms with Crippen LogP contribution in [0.25, 0.3) is 11.1 Å². The normalized spacial score (nSPS) is 12.4. The molecule has 7 nitrogen and oxygen atoms in total. The van der Waals surface area contributed by atoms with E-state index >= 15 is 0 Å². The van der Waals surface area contributed by atoms with Crippen LogP contribution in [0.3, 0.4) is 0 Å². The first-order chi connectivity index (χ1) is 13.6. The number of Topliss-reactive ketones (excluding diaryl/α,β-unsaturated/α-hetero) is 1. The highest BCUT2D eigenvalue weighted by molar-refractivity contribution is 6.02. The van der Waals surface area contributed by atoms with Gasteiger partial charge in [-0.05, 0) is 48.7 Å². The van der Waals surface area contributed by atoms with Gasteiger partial charge in [-0.1, -0.05) is 0 Å². The minimum atomic E-state index is -0.706. The Morgan fingerprint density at radius 3 is 2.50 bits per heavy atom. The fourth-order valence-corrected chi connectivity index (χ4v) is 3.28. The van der Waals surface area contributed by atoms with Gasteiger partial charge in [0.2, 0.25) is 0 Å². The first-order valence-corrected chi connectivity index (χ1v) is 8.99. The first kappa shape index (κ1) is 19.5. The second kappa shape index (κ2) is 8.65. The van der Waals surface area contributed by atoms with Crippen molar-refractivity contribution in [3.05, 3.63) is 46.4 Å². The molecule has 0 aromatic heterocycles. The van der Waals surface area contributed by atoms with Gasteiger partial charge in [0, 0.05) is 34.7 Å². The van der Waals surface area contributed by atoms with E-state index in [1.807, 2.05) is 18.2 Å². The van der Waals surface area contributed by atoms with E-state index in [2.05, 4.69) is 5.18 Å². The zero-order valence-electron chi connectivity index (χ0n) is 15.8. The van der Waals surface area contributed by atoms with E-state index in [0.717, 1.165) is 16.7 Å². The molecule has 1 aliphatic rings. The van der Waals surface area contributed by atoms with Crippen molar-refractivity contribution in [2.24, 2.45) is 5.18 Å². The summed E-state index contributed by atoms with van der Waals surface area (Å²) in [5.41, 5.74) is 3.19. The largest absolute Gasteiger partial charge is 0.497 e. The summed E-state index contributed by atoms with van der Waals surface area (Å²) in [5, 5.41) is 2.38. The van der Waals surface area contributed by atoms with E-state index in [1.165, 1.54) is 0 Å². The molecule has 1 aliphatic carbocycles. The molecule has 0 aliphatic heterocycles. The van der Waals surface area contributed by atoms with Crippen molar-refractivity contribution in [2.75, 3.05) is 20.8 Å². The van der Waals surface area contributed by atoms with E-state index in [4.69, 9.17) is 14.2 Å². The molecule has 0 fully saturated rings. The van der Waals surface area contributed by atoms with Crippen LogP contribution in [0.15, 0.2) is 35.5 Å². The predicted octanol–water partition coefficient (Wildman–Crippen LogP) is 3.95. The van der Waals surface area contributed by atoms with Crippen molar-refractivity contribution in [1.29, 1.82) is 0 Å². The van der Waals surface area contributed by atoms with Crippen LogP contribution in [0.1, 0.15) is 35.2 Å². The average molecular weight is 383 g/mol. The van der Waals surface area contributed by atoms with Gasteiger partial charge in [-0.2, -0.15) is 0 Å². The molecule has 0 atom stereocenters. The van der Waals surface area contributed by atoms with Crippen molar-refractivity contribution in [3.8, 4) is 28.4 Å². The Hall–Kier alpha value is -3.22. The third-order valence-corrected chi connectivity index (χ3v) is 4.72. The van der Waals surface area contributed by atoms with E-state index in [1.54, 1.807) is 26.4 Å². The Balaban J connectivity index is 1.99. The third kappa shape index (κ3) is 4.03. The number of hydrogen-bond acceptors (Lipinski definition) is 6. The highest BCUT2D eigenvalue weighted by atomic mass is 16.5. The summed E-state index contributed by atoms with van der Waals surface area (Å²) < 4.78 is 16.7. The number of carbonyl (C=O) groups is 2. The predicted molar refractivity (Wildman–Crippen MR) is 103 cm³/mol. The van der Waals surface area contributed by atoms with Crippen molar-refractivity contribution in [1.82, 2.24) is 0 Å². The van der Waals surface area contributed by atoms with Crippen LogP contribution < -0.4 is 14.2 Å². The highest BCUT2D eigenvalue weighted by Gasteiger charge is 2.24. The number of ether oxygens (including phenoxy) is 3. The maximum absolute atomic E-state index is 12.2. The standard InChI is InChI=1S/C21H21NO6/c1-26-14-6-8-19(27-2)17(11-14)16-10-13-5-7-18(23)15(13)12-20(16)28-9-3-4-21(24)22-25/h6,8,10-12H,3-5,7,9H2,1-2H3. The summed E-state index contributed by atoms with van der Waals surface area (Å²) in [6.45, 7) is 0.216. The van der Waals surface area contributed by atoms with Crippen LogP contribution in [0.5, 0.6) is 17.2 Å². The molecule has 0 saturated heterocycles. The number of hydrogen-bond donors (Lipinski definition) is 0. The number of ketones is 1. The first-order valence-electron chi connectivity index (χ1n) is 8.99. The van der Waals surface area contributed by atoms with Gasteiger partial charge < -0.3 is 14.2 Å². The minimum absolute atomic E-state index is 0.0190. The van der Waals surface area contributed by atoms with Crippen molar-refractivity contribution in [3.63, 3.8) is 0 Å². The number of carbonyl (C=O) groups excluding carboxylic acids is 2. The quantitative estimate of drug-likeness (QED) is 0.506. The van der Waals surface area contributed by atoms with Gasteiger partial charge in [0.25, 0.3) is 5.91 Å². The molecule has 0 radical (unpaired) electrons. The van der Waals surface area contributed by atoms with E-state index in [0.29, 0.717) is 42.1 Å². The van der Waals surface area contributed by atoms with Gasteiger partial charge in [0.05, 0.1) is 20.8 Å². The van der Waals surface area contributed by atoms with Crippen LogP contribution in [-0.4, -0.2) is 32.5 Å². The molecule has 0 N–H and O–H groups in total. The lowest BCUT2D eigenvalue weighted by molar-refractivity contribution is -0.118. The van der Waals surface area contributed by atoms with Crippen LogP contribution in [0, 0.1) is 4.91 Å². The van der Waals surface area contributed by atoms with Gasteiger partial charge in [-0.15, -0.1) is 4.91 Å². The summed E-state index contributed by atoms with van der Waals surface area (Å²) in [6.07, 6.45) is 1.54. The number of fused-ring (bicyclic) bond motifs is 1. The molecular formula is C21H21NO6. The molecule has 0 bridgehead atoms. The van der Waals surface area contributed by atoms with Crippen LogP contribution >= 0.6 is 0 Å². The fraction of sp³-hybridized carbons (Fsp3) is 0.333. The molecule has 7 heteroatoms. The van der Waals surface area contributed by atoms with E-state index in [9.17, 15) is 14.5 Å². The van der Waals surface area contributed by atoms with Gasteiger partial charge in [0.1, 0.15) is 17.2 Å². The summed E-state index contributed by atoms with van der Waals surface area (Å²) in [4.78, 5) is 33.4. The van der Waals surface area contributed by atoms with Crippen molar-refractivity contribution < 1.29 is 23.8 Å². The monoisotopic (exact) mass is 383 g/mol. The lowest BCUT2D eigenvalue weighted by atomic mass is 9.98. The number of nitroso groups, excluding NO2 is 1. The van der Waals surface area contributed by atoms with E-state index in [-0.39, 0.29) is 18.8 Å².